The topological polar surface area (TPSA) is 24.5 Å². The van der Waals surface area contributed by atoms with Gasteiger partial charge in [-0.25, -0.2) is 4.39 Å². The molecule has 0 aliphatic carbocycles. The Balaban J connectivity index is 0.00000147. The number of hydrogen-bond acceptors (Lipinski definition) is 3. The molecule has 1 aromatic rings. The largest absolute Gasteiger partial charge is 0.492 e. The van der Waals surface area contributed by atoms with Crippen LogP contribution in [0.25, 0.3) is 0 Å². The van der Waals surface area contributed by atoms with Crippen molar-refractivity contribution in [1.29, 1.82) is 0 Å². The number of rotatable bonds is 4. The molecule has 0 aromatic heterocycles. The van der Waals surface area contributed by atoms with Gasteiger partial charge in [0.05, 0.1) is 0 Å². The van der Waals surface area contributed by atoms with Gasteiger partial charge in [-0.05, 0) is 62.2 Å². The van der Waals surface area contributed by atoms with Gasteiger partial charge in [0, 0.05) is 13.1 Å². The minimum absolute atomic E-state index is 0. The minimum atomic E-state index is -0.219. The molecule has 2 unspecified atom stereocenters. The summed E-state index contributed by atoms with van der Waals surface area (Å²) in [7, 11) is 0. The van der Waals surface area contributed by atoms with E-state index in [0.29, 0.717) is 6.61 Å². The maximum Gasteiger partial charge on any atom is 0.123 e. The molecule has 3 rings (SSSR count). The summed E-state index contributed by atoms with van der Waals surface area (Å²) in [4.78, 5) is 2.48. The molecular weight excluding hydrogens is 279 g/mol. The molecule has 0 spiro atoms. The van der Waals surface area contributed by atoms with Crippen LogP contribution in [0.1, 0.15) is 6.42 Å². The third-order valence-corrected chi connectivity index (χ3v) is 4.28. The Labute approximate surface area is 125 Å². The standard InChI is InChI=1S/C15H21FN2O.ClH/c16-14-1-3-15(4-2-14)19-8-7-18-6-5-12-9-17-10-13(12)11-18;/h1-4,12-13,17H,5-11H2;1H. The van der Waals surface area contributed by atoms with Crippen molar-refractivity contribution in [3.63, 3.8) is 0 Å². The molecule has 2 heterocycles. The summed E-state index contributed by atoms with van der Waals surface area (Å²) in [6.07, 6.45) is 1.30. The zero-order valence-electron chi connectivity index (χ0n) is 11.6. The average Bonchev–Trinajstić information content (AvgIpc) is 2.88. The fourth-order valence-electron chi connectivity index (χ4n) is 3.14. The van der Waals surface area contributed by atoms with E-state index in [0.717, 1.165) is 24.1 Å². The second-order valence-electron chi connectivity index (χ2n) is 5.57. The Morgan fingerprint density at radius 3 is 2.75 bits per heavy atom. The molecule has 0 radical (unpaired) electrons. The highest BCUT2D eigenvalue weighted by Gasteiger charge is 2.32. The van der Waals surface area contributed by atoms with Crippen LogP contribution in [0.4, 0.5) is 4.39 Å². The Hall–Kier alpha value is -0.840. The second kappa shape index (κ2) is 7.25. The number of hydrogen-bond donors (Lipinski definition) is 1. The maximum atomic E-state index is 12.8. The van der Waals surface area contributed by atoms with Gasteiger partial charge in [-0.2, -0.15) is 0 Å². The molecule has 0 saturated carbocycles. The zero-order chi connectivity index (χ0) is 13.1. The van der Waals surface area contributed by atoms with Crippen molar-refractivity contribution >= 4 is 12.4 Å². The first-order valence-electron chi connectivity index (χ1n) is 7.13. The number of ether oxygens (including phenoxy) is 1. The van der Waals surface area contributed by atoms with Crippen LogP contribution in [0, 0.1) is 17.7 Å². The molecule has 1 aromatic carbocycles. The van der Waals surface area contributed by atoms with Crippen molar-refractivity contribution in [1.82, 2.24) is 10.2 Å². The first-order chi connectivity index (χ1) is 9.31. The predicted molar refractivity (Wildman–Crippen MR) is 80.0 cm³/mol. The Morgan fingerprint density at radius 2 is 1.95 bits per heavy atom. The van der Waals surface area contributed by atoms with Crippen molar-refractivity contribution in [3.05, 3.63) is 30.1 Å². The molecule has 0 bridgehead atoms. The lowest BCUT2D eigenvalue weighted by atomic mass is 9.89. The highest BCUT2D eigenvalue weighted by Crippen LogP contribution is 2.26. The normalized spacial score (nSPS) is 25.9. The predicted octanol–water partition coefficient (Wildman–Crippen LogP) is 2.17. The van der Waals surface area contributed by atoms with Crippen LogP contribution in [-0.2, 0) is 0 Å². The van der Waals surface area contributed by atoms with Gasteiger partial charge in [-0.3, -0.25) is 4.90 Å². The summed E-state index contributed by atoms with van der Waals surface area (Å²) in [5.74, 6) is 2.23. The molecule has 0 amide bonds. The van der Waals surface area contributed by atoms with E-state index in [9.17, 15) is 4.39 Å². The smallest absolute Gasteiger partial charge is 0.123 e. The van der Waals surface area contributed by atoms with E-state index in [-0.39, 0.29) is 18.2 Å². The van der Waals surface area contributed by atoms with Crippen molar-refractivity contribution in [3.8, 4) is 5.75 Å². The fourth-order valence-corrected chi connectivity index (χ4v) is 3.14. The number of nitrogens with zero attached hydrogens (tertiary/aromatic N) is 1. The summed E-state index contributed by atoms with van der Waals surface area (Å²) in [6.45, 7) is 6.36. The number of piperidine rings is 1. The van der Waals surface area contributed by atoms with Gasteiger partial charge in [0.15, 0.2) is 0 Å². The van der Waals surface area contributed by atoms with Gasteiger partial charge in [0.1, 0.15) is 18.2 Å². The molecule has 2 saturated heterocycles. The maximum absolute atomic E-state index is 12.8. The molecule has 3 nitrogen and oxygen atoms in total. The average molecular weight is 301 g/mol. The number of fused-ring (bicyclic) bond motifs is 1. The molecule has 2 fully saturated rings. The van der Waals surface area contributed by atoms with E-state index in [1.165, 1.54) is 44.7 Å². The SMILES string of the molecule is Cl.Fc1ccc(OCCN2CCC3CNCC3C2)cc1. The lowest BCUT2D eigenvalue weighted by Crippen LogP contribution is -2.41. The Morgan fingerprint density at radius 1 is 1.20 bits per heavy atom. The van der Waals surface area contributed by atoms with Crippen LogP contribution >= 0.6 is 12.4 Å². The van der Waals surface area contributed by atoms with E-state index in [2.05, 4.69) is 10.2 Å². The molecule has 2 aliphatic rings. The van der Waals surface area contributed by atoms with Gasteiger partial charge in [0.25, 0.3) is 0 Å². The summed E-state index contributed by atoms with van der Waals surface area (Å²) in [6, 6.07) is 6.24. The summed E-state index contributed by atoms with van der Waals surface area (Å²) < 4.78 is 18.4. The highest BCUT2D eigenvalue weighted by molar-refractivity contribution is 5.85. The van der Waals surface area contributed by atoms with E-state index in [4.69, 9.17) is 4.74 Å². The van der Waals surface area contributed by atoms with E-state index in [1.807, 2.05) is 0 Å². The lowest BCUT2D eigenvalue weighted by Gasteiger charge is -2.34. The summed E-state index contributed by atoms with van der Waals surface area (Å²) in [5, 5.41) is 3.48. The quantitative estimate of drug-likeness (QED) is 0.922. The van der Waals surface area contributed by atoms with Crippen molar-refractivity contribution in [2.75, 3.05) is 39.3 Å². The number of likely N-dealkylation sites (tertiary alicyclic amines) is 1. The molecule has 20 heavy (non-hydrogen) atoms. The van der Waals surface area contributed by atoms with E-state index >= 15 is 0 Å². The van der Waals surface area contributed by atoms with Crippen molar-refractivity contribution in [2.24, 2.45) is 11.8 Å². The Bertz CT molecular complexity index is 415. The summed E-state index contributed by atoms with van der Waals surface area (Å²) in [5.41, 5.74) is 0. The van der Waals surface area contributed by atoms with Crippen LogP contribution in [-0.4, -0.2) is 44.2 Å². The van der Waals surface area contributed by atoms with Crippen molar-refractivity contribution < 1.29 is 9.13 Å². The lowest BCUT2D eigenvalue weighted by molar-refractivity contribution is 0.127. The van der Waals surface area contributed by atoms with Gasteiger partial charge in [-0.1, -0.05) is 0 Å². The van der Waals surface area contributed by atoms with Crippen molar-refractivity contribution in [2.45, 2.75) is 6.42 Å². The molecule has 5 heteroatoms. The number of benzene rings is 1. The van der Waals surface area contributed by atoms with Gasteiger partial charge < -0.3 is 10.1 Å². The second-order valence-corrected chi connectivity index (χ2v) is 5.57. The first kappa shape index (κ1) is 15.5. The van der Waals surface area contributed by atoms with Crippen LogP contribution < -0.4 is 10.1 Å². The Kier molecular flexibility index (Phi) is 5.64. The van der Waals surface area contributed by atoms with Gasteiger partial charge in [0.2, 0.25) is 0 Å². The van der Waals surface area contributed by atoms with Crippen LogP contribution in [0.2, 0.25) is 0 Å². The van der Waals surface area contributed by atoms with E-state index < -0.39 is 0 Å². The number of nitrogens with one attached hydrogen (secondary N) is 1. The molecule has 2 aliphatic heterocycles. The zero-order valence-corrected chi connectivity index (χ0v) is 12.4. The van der Waals surface area contributed by atoms with Crippen LogP contribution in [0.5, 0.6) is 5.75 Å². The highest BCUT2D eigenvalue weighted by atomic mass is 35.5. The summed E-state index contributed by atoms with van der Waals surface area (Å²) >= 11 is 0. The monoisotopic (exact) mass is 300 g/mol. The fraction of sp³-hybridized carbons (Fsp3) is 0.600. The third-order valence-electron chi connectivity index (χ3n) is 4.28. The molecular formula is C15H22ClFN2O. The van der Waals surface area contributed by atoms with Gasteiger partial charge >= 0.3 is 0 Å². The van der Waals surface area contributed by atoms with Crippen LogP contribution in [0.3, 0.4) is 0 Å². The van der Waals surface area contributed by atoms with E-state index in [1.54, 1.807) is 12.1 Å². The third kappa shape index (κ3) is 3.84. The minimum Gasteiger partial charge on any atom is -0.492 e. The van der Waals surface area contributed by atoms with Gasteiger partial charge in [-0.15, -0.1) is 12.4 Å². The number of halogens is 2. The first-order valence-corrected chi connectivity index (χ1v) is 7.13. The molecule has 112 valence electrons. The molecule has 2 atom stereocenters. The molecule has 1 N–H and O–H groups in total. The van der Waals surface area contributed by atoms with Crippen LogP contribution in [0.15, 0.2) is 24.3 Å².